The third kappa shape index (κ3) is 8.16. The molecule has 32 heavy (non-hydrogen) atoms. The van der Waals surface area contributed by atoms with Crippen molar-refractivity contribution >= 4 is 35.6 Å². The molecule has 2 aromatic carbocycles. The van der Waals surface area contributed by atoms with Crippen LogP contribution in [0.25, 0.3) is 0 Å². The third-order valence-corrected chi connectivity index (χ3v) is 5.48. The molecule has 0 saturated carbocycles. The second-order valence-electron chi connectivity index (χ2n) is 7.96. The molecular weight excluding hydrogens is 515 g/mol. The fourth-order valence-corrected chi connectivity index (χ4v) is 3.78. The molecule has 0 aromatic heterocycles. The van der Waals surface area contributed by atoms with Crippen molar-refractivity contribution in [2.45, 2.75) is 26.8 Å². The molecule has 2 N–H and O–H groups in total. The highest BCUT2D eigenvalue weighted by atomic mass is 127. The van der Waals surface area contributed by atoms with Crippen molar-refractivity contribution in [1.82, 2.24) is 10.6 Å². The fourth-order valence-electron chi connectivity index (χ4n) is 3.78. The number of benzene rings is 2. The van der Waals surface area contributed by atoms with Gasteiger partial charge in [-0.05, 0) is 49.9 Å². The van der Waals surface area contributed by atoms with E-state index < -0.39 is 0 Å². The van der Waals surface area contributed by atoms with Crippen molar-refractivity contribution in [3.8, 4) is 5.75 Å². The van der Waals surface area contributed by atoms with Crippen LogP contribution in [0.4, 0.5) is 5.69 Å². The molecule has 1 aliphatic heterocycles. The Kier molecular flexibility index (Phi) is 11.7. The summed E-state index contributed by atoms with van der Waals surface area (Å²) < 4.78 is 11.0. The molecule has 2 aromatic rings. The maximum atomic E-state index is 5.91. The van der Waals surface area contributed by atoms with Gasteiger partial charge in [0.1, 0.15) is 12.4 Å². The number of nitrogens with one attached hydrogen (secondary N) is 2. The Bertz CT molecular complexity index is 832. The van der Waals surface area contributed by atoms with Gasteiger partial charge in [0.05, 0.1) is 13.2 Å². The third-order valence-electron chi connectivity index (χ3n) is 5.48. The predicted molar refractivity (Wildman–Crippen MR) is 144 cm³/mol. The van der Waals surface area contributed by atoms with Crippen LogP contribution in [0.5, 0.6) is 5.75 Å². The molecule has 1 unspecified atom stereocenters. The van der Waals surface area contributed by atoms with Crippen molar-refractivity contribution in [2.75, 3.05) is 51.4 Å². The van der Waals surface area contributed by atoms with E-state index >= 15 is 0 Å². The van der Waals surface area contributed by atoms with Crippen LogP contribution < -0.4 is 20.3 Å². The summed E-state index contributed by atoms with van der Waals surface area (Å²) >= 11 is 0. The number of nitrogens with zero attached hydrogens (tertiary/aromatic N) is 2. The lowest BCUT2D eigenvalue weighted by molar-refractivity contribution is 0.145. The Labute approximate surface area is 209 Å². The van der Waals surface area contributed by atoms with E-state index in [-0.39, 0.29) is 24.0 Å². The minimum absolute atomic E-state index is 0. The number of aliphatic imine (C=N–C) groups is 1. The summed E-state index contributed by atoms with van der Waals surface area (Å²) in [5, 5.41) is 6.91. The molecule has 3 rings (SSSR count). The van der Waals surface area contributed by atoms with E-state index in [1.807, 2.05) is 0 Å². The fraction of sp³-hybridized carbons (Fsp3) is 0.480. The summed E-state index contributed by atoms with van der Waals surface area (Å²) in [4.78, 5) is 7.27. The van der Waals surface area contributed by atoms with Crippen LogP contribution in [0.15, 0.2) is 53.5 Å². The average molecular weight is 553 g/mol. The van der Waals surface area contributed by atoms with Crippen LogP contribution >= 0.6 is 24.0 Å². The minimum atomic E-state index is 0. The number of ether oxygens (including phenoxy) is 2. The molecule has 0 bridgehead atoms. The molecule has 0 aliphatic carbocycles. The highest BCUT2D eigenvalue weighted by Gasteiger charge is 2.22. The first-order valence-electron chi connectivity index (χ1n) is 11.2. The van der Waals surface area contributed by atoms with E-state index in [4.69, 9.17) is 14.5 Å². The van der Waals surface area contributed by atoms with Gasteiger partial charge in [0.15, 0.2) is 5.96 Å². The van der Waals surface area contributed by atoms with Gasteiger partial charge in [-0.25, -0.2) is 4.99 Å². The molecule has 1 atom stereocenters. The molecule has 1 aliphatic rings. The van der Waals surface area contributed by atoms with E-state index in [9.17, 15) is 0 Å². The number of rotatable bonds is 10. The zero-order valence-electron chi connectivity index (χ0n) is 19.5. The highest BCUT2D eigenvalue weighted by molar-refractivity contribution is 14.0. The van der Waals surface area contributed by atoms with Crippen LogP contribution in [-0.2, 0) is 11.3 Å². The zero-order chi connectivity index (χ0) is 21.9. The minimum Gasteiger partial charge on any atom is -0.491 e. The predicted octanol–water partition coefficient (Wildman–Crippen LogP) is 4.22. The van der Waals surface area contributed by atoms with Crippen LogP contribution in [0, 0.1) is 12.8 Å². The summed E-state index contributed by atoms with van der Waals surface area (Å²) in [6, 6.07) is 16.9. The molecule has 1 heterocycles. The zero-order valence-corrected chi connectivity index (χ0v) is 21.8. The Morgan fingerprint density at radius 1 is 1.12 bits per heavy atom. The lowest BCUT2D eigenvalue weighted by Gasteiger charge is -2.19. The molecule has 0 amide bonds. The van der Waals surface area contributed by atoms with Crippen molar-refractivity contribution in [1.29, 1.82) is 0 Å². The van der Waals surface area contributed by atoms with Crippen LogP contribution in [-0.4, -0.2) is 52.5 Å². The number of anilines is 1. The Hall–Kier alpha value is -2.00. The average Bonchev–Trinajstić information content (AvgIpc) is 3.26. The van der Waals surface area contributed by atoms with Gasteiger partial charge < -0.3 is 25.0 Å². The Morgan fingerprint density at radius 3 is 2.69 bits per heavy atom. The Balaban J connectivity index is 0.00000363. The first kappa shape index (κ1) is 26.3. The van der Waals surface area contributed by atoms with E-state index in [0.29, 0.717) is 25.7 Å². The van der Waals surface area contributed by atoms with E-state index in [0.717, 1.165) is 43.5 Å². The Morgan fingerprint density at radius 2 is 1.94 bits per heavy atom. The van der Waals surface area contributed by atoms with Crippen molar-refractivity contribution < 1.29 is 9.47 Å². The molecule has 0 spiro atoms. The van der Waals surface area contributed by atoms with Gasteiger partial charge in [-0.2, -0.15) is 0 Å². The van der Waals surface area contributed by atoms with Crippen LogP contribution in [0.3, 0.4) is 0 Å². The summed E-state index contributed by atoms with van der Waals surface area (Å²) in [5.41, 5.74) is 3.57. The van der Waals surface area contributed by atoms with E-state index in [1.165, 1.54) is 17.7 Å². The first-order chi connectivity index (χ1) is 15.2. The first-order valence-corrected chi connectivity index (χ1v) is 11.2. The van der Waals surface area contributed by atoms with Gasteiger partial charge in [-0.15, -0.1) is 24.0 Å². The summed E-state index contributed by atoms with van der Waals surface area (Å²) in [7, 11) is 1.68. The number of guanidine groups is 1. The smallest absolute Gasteiger partial charge is 0.191 e. The SMILES string of the molecule is CCNC(=NCc1ccc(C)cc1OCCOC)NCC1CCN(c2ccccc2)C1.I. The van der Waals surface area contributed by atoms with E-state index in [2.05, 4.69) is 77.9 Å². The topological polar surface area (TPSA) is 58.1 Å². The number of aryl methyl sites for hydroxylation is 1. The quantitative estimate of drug-likeness (QED) is 0.200. The normalized spacial score (nSPS) is 15.9. The number of hydrogen-bond acceptors (Lipinski definition) is 4. The van der Waals surface area contributed by atoms with Crippen LogP contribution in [0.1, 0.15) is 24.5 Å². The number of para-hydroxylation sites is 1. The van der Waals surface area contributed by atoms with Gasteiger partial charge in [-0.1, -0.05) is 30.3 Å². The molecule has 176 valence electrons. The van der Waals surface area contributed by atoms with Crippen molar-refractivity contribution in [3.05, 3.63) is 59.7 Å². The van der Waals surface area contributed by atoms with E-state index in [1.54, 1.807) is 7.11 Å². The molecule has 6 nitrogen and oxygen atoms in total. The number of halogens is 1. The van der Waals surface area contributed by atoms with Gasteiger partial charge in [0.2, 0.25) is 0 Å². The highest BCUT2D eigenvalue weighted by Crippen LogP contribution is 2.23. The summed E-state index contributed by atoms with van der Waals surface area (Å²) in [6.07, 6.45) is 1.19. The van der Waals surface area contributed by atoms with Crippen molar-refractivity contribution in [3.63, 3.8) is 0 Å². The molecule has 1 fully saturated rings. The summed E-state index contributed by atoms with van der Waals surface area (Å²) in [5.74, 6) is 2.34. The van der Waals surface area contributed by atoms with Gasteiger partial charge >= 0.3 is 0 Å². The number of methoxy groups -OCH3 is 1. The standard InChI is InChI=1S/C25H36N4O2.HI/c1-4-26-25(27-17-21-12-13-29(19-21)23-8-6-5-7-9-23)28-18-22-11-10-20(2)16-24(22)31-15-14-30-3;/h5-11,16,21H,4,12-15,17-19H2,1-3H3,(H2,26,27,28);1H. The van der Waals surface area contributed by atoms with Crippen LogP contribution in [0.2, 0.25) is 0 Å². The summed E-state index contributed by atoms with van der Waals surface area (Å²) in [6.45, 7) is 9.77. The molecule has 0 radical (unpaired) electrons. The van der Waals surface area contributed by atoms with Gasteiger partial charge in [0, 0.05) is 44.5 Å². The van der Waals surface area contributed by atoms with Gasteiger partial charge in [-0.3, -0.25) is 0 Å². The second-order valence-corrected chi connectivity index (χ2v) is 7.96. The molecule has 1 saturated heterocycles. The number of hydrogen-bond donors (Lipinski definition) is 2. The molecular formula is C25H37IN4O2. The lowest BCUT2D eigenvalue weighted by atomic mass is 10.1. The maximum Gasteiger partial charge on any atom is 0.191 e. The monoisotopic (exact) mass is 552 g/mol. The largest absolute Gasteiger partial charge is 0.491 e. The maximum absolute atomic E-state index is 5.91. The molecule has 7 heteroatoms. The second kappa shape index (κ2) is 14.2. The lowest BCUT2D eigenvalue weighted by Crippen LogP contribution is -2.40. The van der Waals surface area contributed by atoms with Crippen molar-refractivity contribution in [2.24, 2.45) is 10.9 Å². The van der Waals surface area contributed by atoms with Gasteiger partial charge in [0.25, 0.3) is 0 Å².